The number of benzene rings is 1. The van der Waals surface area contributed by atoms with E-state index < -0.39 is 11.6 Å². The zero-order valence-corrected chi connectivity index (χ0v) is 19.1. The molecule has 2 heterocycles. The summed E-state index contributed by atoms with van der Waals surface area (Å²) in [4.78, 5) is 9.25. The van der Waals surface area contributed by atoms with Gasteiger partial charge in [-0.25, -0.2) is 8.78 Å². The molecule has 1 aliphatic rings. The molecule has 1 fully saturated rings. The standard InChI is InChI=1S/C20H27F2N5O.HI/c1-3-23-20(24-13-15(2)18-5-4-16(21)12-19(18)22)27-9-7-26(8-10-27)14-17-6-11-28-25-17;/h4-6,11-12,15H,3,7-10,13-14H2,1-2H3,(H,23,24);1H. The van der Waals surface area contributed by atoms with Crippen LogP contribution in [-0.2, 0) is 6.54 Å². The van der Waals surface area contributed by atoms with Crippen molar-refractivity contribution in [3.63, 3.8) is 0 Å². The number of rotatable bonds is 6. The number of halogens is 3. The number of piperazine rings is 1. The van der Waals surface area contributed by atoms with Crippen LogP contribution in [-0.4, -0.2) is 60.2 Å². The molecule has 1 saturated heterocycles. The monoisotopic (exact) mass is 519 g/mol. The molecular weight excluding hydrogens is 491 g/mol. The van der Waals surface area contributed by atoms with Gasteiger partial charge in [0.1, 0.15) is 17.9 Å². The number of aromatic nitrogens is 1. The molecule has 0 spiro atoms. The maximum atomic E-state index is 14.0. The van der Waals surface area contributed by atoms with Gasteiger partial charge in [-0.1, -0.05) is 18.1 Å². The van der Waals surface area contributed by atoms with Gasteiger partial charge in [0.15, 0.2) is 5.96 Å². The maximum Gasteiger partial charge on any atom is 0.194 e. The molecule has 1 N–H and O–H groups in total. The third kappa shape index (κ3) is 6.63. The van der Waals surface area contributed by atoms with Crippen LogP contribution in [0.15, 0.2) is 40.0 Å². The molecule has 0 aliphatic carbocycles. The van der Waals surface area contributed by atoms with E-state index in [0.717, 1.165) is 57.0 Å². The first-order chi connectivity index (χ1) is 13.6. The minimum Gasteiger partial charge on any atom is -0.364 e. The molecular formula is C20H28F2IN5O. The van der Waals surface area contributed by atoms with Crippen LogP contribution in [0.25, 0.3) is 0 Å². The third-order valence-corrected chi connectivity index (χ3v) is 4.89. The predicted molar refractivity (Wildman–Crippen MR) is 120 cm³/mol. The summed E-state index contributed by atoms with van der Waals surface area (Å²) in [6.45, 7) is 9.41. The third-order valence-electron chi connectivity index (χ3n) is 4.89. The molecule has 1 aliphatic heterocycles. The van der Waals surface area contributed by atoms with Crippen LogP contribution in [0.5, 0.6) is 0 Å². The van der Waals surface area contributed by atoms with Gasteiger partial charge < -0.3 is 14.7 Å². The second-order valence-corrected chi connectivity index (χ2v) is 7.02. The molecule has 1 unspecified atom stereocenters. The summed E-state index contributed by atoms with van der Waals surface area (Å²) in [5, 5.41) is 7.28. The highest BCUT2D eigenvalue weighted by molar-refractivity contribution is 14.0. The van der Waals surface area contributed by atoms with Crippen molar-refractivity contribution < 1.29 is 13.3 Å². The molecule has 1 aromatic heterocycles. The molecule has 0 bridgehead atoms. The van der Waals surface area contributed by atoms with Gasteiger partial charge in [-0.15, -0.1) is 24.0 Å². The van der Waals surface area contributed by atoms with Crippen molar-refractivity contribution in [1.82, 2.24) is 20.3 Å². The minimum absolute atomic E-state index is 0. The van der Waals surface area contributed by atoms with Crippen LogP contribution in [0.2, 0.25) is 0 Å². The first kappa shape index (κ1) is 23.5. The zero-order chi connectivity index (χ0) is 19.9. The first-order valence-corrected chi connectivity index (χ1v) is 9.66. The van der Waals surface area contributed by atoms with E-state index in [1.54, 1.807) is 6.26 Å². The molecule has 0 saturated carbocycles. The number of nitrogens with zero attached hydrogens (tertiary/aromatic N) is 4. The zero-order valence-electron chi connectivity index (χ0n) is 16.8. The molecule has 3 rings (SSSR count). The highest BCUT2D eigenvalue weighted by atomic mass is 127. The van der Waals surface area contributed by atoms with Crippen LogP contribution in [0.1, 0.15) is 31.0 Å². The van der Waals surface area contributed by atoms with Gasteiger partial charge >= 0.3 is 0 Å². The number of aliphatic imine (C=N–C) groups is 1. The van der Waals surface area contributed by atoms with Gasteiger partial charge in [-0.2, -0.15) is 0 Å². The topological polar surface area (TPSA) is 56.9 Å². The second-order valence-electron chi connectivity index (χ2n) is 7.02. The van der Waals surface area contributed by atoms with Gasteiger partial charge in [0, 0.05) is 63.9 Å². The Morgan fingerprint density at radius 2 is 2.00 bits per heavy atom. The van der Waals surface area contributed by atoms with Gasteiger partial charge in [0.25, 0.3) is 0 Å². The van der Waals surface area contributed by atoms with E-state index in [9.17, 15) is 8.78 Å². The Labute approximate surface area is 187 Å². The fraction of sp³-hybridized carbons (Fsp3) is 0.500. The average molecular weight is 519 g/mol. The van der Waals surface area contributed by atoms with Gasteiger partial charge in [-0.05, 0) is 18.6 Å². The molecule has 160 valence electrons. The van der Waals surface area contributed by atoms with Crippen LogP contribution < -0.4 is 5.32 Å². The van der Waals surface area contributed by atoms with E-state index in [4.69, 9.17) is 9.52 Å². The highest BCUT2D eigenvalue weighted by Crippen LogP contribution is 2.20. The number of nitrogens with one attached hydrogen (secondary N) is 1. The molecule has 0 radical (unpaired) electrons. The van der Waals surface area contributed by atoms with E-state index >= 15 is 0 Å². The van der Waals surface area contributed by atoms with E-state index in [0.29, 0.717) is 12.1 Å². The first-order valence-electron chi connectivity index (χ1n) is 9.66. The summed E-state index contributed by atoms with van der Waals surface area (Å²) in [6.07, 6.45) is 1.59. The summed E-state index contributed by atoms with van der Waals surface area (Å²) in [5.41, 5.74) is 1.42. The van der Waals surface area contributed by atoms with Crippen LogP contribution in [0, 0.1) is 11.6 Å². The van der Waals surface area contributed by atoms with Crippen molar-refractivity contribution in [1.29, 1.82) is 0 Å². The fourth-order valence-corrected chi connectivity index (χ4v) is 3.31. The lowest BCUT2D eigenvalue weighted by atomic mass is 10.0. The van der Waals surface area contributed by atoms with Crippen molar-refractivity contribution in [2.24, 2.45) is 4.99 Å². The lowest BCUT2D eigenvalue weighted by Crippen LogP contribution is -2.52. The summed E-state index contributed by atoms with van der Waals surface area (Å²) < 4.78 is 32.0. The average Bonchev–Trinajstić information content (AvgIpc) is 3.18. The van der Waals surface area contributed by atoms with Crippen molar-refractivity contribution >= 4 is 29.9 Å². The molecule has 29 heavy (non-hydrogen) atoms. The molecule has 1 aromatic carbocycles. The Bertz CT molecular complexity index is 779. The van der Waals surface area contributed by atoms with Crippen molar-refractivity contribution in [3.05, 3.63) is 53.4 Å². The normalized spacial score (nSPS) is 16.4. The van der Waals surface area contributed by atoms with E-state index in [2.05, 4.69) is 20.3 Å². The summed E-state index contributed by atoms with van der Waals surface area (Å²) in [7, 11) is 0. The van der Waals surface area contributed by atoms with Crippen molar-refractivity contribution in [2.45, 2.75) is 26.3 Å². The Morgan fingerprint density at radius 3 is 2.62 bits per heavy atom. The van der Waals surface area contributed by atoms with Gasteiger partial charge in [0.05, 0.1) is 5.69 Å². The van der Waals surface area contributed by atoms with E-state index in [1.165, 1.54) is 12.1 Å². The summed E-state index contributed by atoms with van der Waals surface area (Å²) in [5.74, 6) is -0.386. The quantitative estimate of drug-likeness (QED) is 0.360. The van der Waals surface area contributed by atoms with Gasteiger partial charge in [-0.3, -0.25) is 9.89 Å². The predicted octanol–water partition coefficient (Wildman–Crippen LogP) is 3.46. The lowest BCUT2D eigenvalue weighted by Gasteiger charge is -2.36. The Balaban J connectivity index is 0.00000300. The van der Waals surface area contributed by atoms with E-state index in [-0.39, 0.29) is 29.9 Å². The Hall–Kier alpha value is -1.75. The molecule has 6 nitrogen and oxygen atoms in total. The van der Waals surface area contributed by atoms with Crippen molar-refractivity contribution in [3.8, 4) is 0 Å². The van der Waals surface area contributed by atoms with Crippen LogP contribution >= 0.6 is 24.0 Å². The molecule has 2 aromatic rings. The van der Waals surface area contributed by atoms with Crippen LogP contribution in [0.4, 0.5) is 8.78 Å². The smallest absolute Gasteiger partial charge is 0.194 e. The van der Waals surface area contributed by atoms with Crippen LogP contribution in [0.3, 0.4) is 0 Å². The SMILES string of the molecule is CCNC(=NCC(C)c1ccc(F)cc1F)N1CCN(Cc2ccon2)CC1.I. The number of hydrogen-bond donors (Lipinski definition) is 1. The lowest BCUT2D eigenvalue weighted by molar-refractivity contribution is 0.169. The highest BCUT2D eigenvalue weighted by Gasteiger charge is 2.21. The Morgan fingerprint density at radius 1 is 1.24 bits per heavy atom. The van der Waals surface area contributed by atoms with Crippen molar-refractivity contribution in [2.75, 3.05) is 39.3 Å². The largest absolute Gasteiger partial charge is 0.364 e. The fourth-order valence-electron chi connectivity index (χ4n) is 3.31. The number of hydrogen-bond acceptors (Lipinski definition) is 4. The van der Waals surface area contributed by atoms with E-state index in [1.807, 2.05) is 19.9 Å². The number of guanidine groups is 1. The minimum atomic E-state index is -0.561. The molecule has 9 heteroatoms. The maximum absolute atomic E-state index is 14.0. The summed E-state index contributed by atoms with van der Waals surface area (Å²) >= 11 is 0. The second kappa shape index (κ2) is 11.4. The summed E-state index contributed by atoms with van der Waals surface area (Å²) in [6, 6.07) is 5.60. The molecule has 1 atom stereocenters. The Kier molecular flexibility index (Phi) is 9.28. The van der Waals surface area contributed by atoms with Gasteiger partial charge in [0.2, 0.25) is 0 Å². The molecule has 0 amide bonds.